The Kier molecular flexibility index (Phi) is 3.25. The first kappa shape index (κ1) is 11.9. The third-order valence-electron chi connectivity index (χ3n) is 2.85. The number of hydrogen-bond acceptors (Lipinski definition) is 4. The minimum atomic E-state index is 0.811. The number of aryl methyl sites for hydroxylation is 1. The number of hydrogen-bond donors (Lipinski definition) is 1. The molecule has 0 aliphatic carbocycles. The lowest BCUT2D eigenvalue weighted by Gasteiger charge is -1.97. The summed E-state index contributed by atoms with van der Waals surface area (Å²) in [6.45, 7) is 2.07. The lowest BCUT2D eigenvalue weighted by molar-refractivity contribution is 1.31. The second-order valence-electron chi connectivity index (χ2n) is 4.21. The van der Waals surface area contributed by atoms with Crippen molar-refractivity contribution in [2.45, 2.75) is 6.92 Å². The Morgan fingerprint density at radius 1 is 1.11 bits per heavy atom. The molecular weight excluding hydrogens is 254 g/mol. The summed E-state index contributed by atoms with van der Waals surface area (Å²) < 4.78 is 1.16. The third kappa shape index (κ3) is 2.63. The van der Waals surface area contributed by atoms with Crippen LogP contribution in [0.1, 0.15) is 11.1 Å². The van der Waals surface area contributed by atoms with E-state index in [-0.39, 0.29) is 0 Å². The van der Waals surface area contributed by atoms with Gasteiger partial charge in [-0.1, -0.05) is 47.7 Å². The minimum Gasteiger partial charge on any atom is -0.253 e. The van der Waals surface area contributed by atoms with E-state index in [1.54, 1.807) is 11.3 Å². The number of rotatable bonds is 3. The molecule has 0 radical (unpaired) electrons. The van der Waals surface area contributed by atoms with Crippen molar-refractivity contribution in [1.29, 1.82) is 0 Å². The first-order chi connectivity index (χ1) is 9.33. The molecule has 0 unspecified atom stereocenters. The predicted molar refractivity (Wildman–Crippen MR) is 82.0 cm³/mol. The van der Waals surface area contributed by atoms with Crippen molar-refractivity contribution in [3.8, 4) is 0 Å². The normalized spacial score (nSPS) is 11.2. The molecule has 0 fully saturated rings. The van der Waals surface area contributed by atoms with Crippen LogP contribution in [-0.4, -0.2) is 11.2 Å². The Bertz CT molecular complexity index is 698. The molecule has 2 aromatic carbocycles. The maximum absolute atomic E-state index is 4.46. The average molecular weight is 267 g/mol. The van der Waals surface area contributed by atoms with Crippen molar-refractivity contribution in [3.63, 3.8) is 0 Å². The quantitative estimate of drug-likeness (QED) is 0.574. The number of aromatic nitrogens is 1. The lowest BCUT2D eigenvalue weighted by atomic mass is 10.1. The Morgan fingerprint density at radius 2 is 1.89 bits per heavy atom. The number of fused-ring (bicyclic) bond motifs is 1. The highest BCUT2D eigenvalue weighted by Crippen LogP contribution is 2.25. The van der Waals surface area contributed by atoms with Gasteiger partial charge in [0.1, 0.15) is 0 Å². The van der Waals surface area contributed by atoms with E-state index >= 15 is 0 Å². The molecule has 4 heteroatoms. The fourth-order valence-electron chi connectivity index (χ4n) is 1.81. The summed E-state index contributed by atoms with van der Waals surface area (Å²) in [6.07, 6.45) is 1.82. The molecule has 19 heavy (non-hydrogen) atoms. The number of thiazole rings is 1. The van der Waals surface area contributed by atoms with Gasteiger partial charge >= 0.3 is 0 Å². The van der Waals surface area contributed by atoms with E-state index in [1.807, 2.05) is 42.6 Å². The standard InChI is InChI=1S/C15H13N3S/c1-11-6-2-3-7-12(11)10-16-18-15-17-13-8-4-5-9-14(13)19-15/h2-10H,1H3,(H,17,18)/b16-10+. The molecule has 3 rings (SSSR count). The number of anilines is 1. The number of nitrogens with zero attached hydrogens (tertiary/aromatic N) is 2. The van der Waals surface area contributed by atoms with E-state index in [1.165, 1.54) is 5.56 Å². The number of para-hydroxylation sites is 1. The number of benzene rings is 2. The average Bonchev–Trinajstić information content (AvgIpc) is 2.83. The Labute approximate surface area is 115 Å². The Morgan fingerprint density at radius 3 is 2.74 bits per heavy atom. The van der Waals surface area contributed by atoms with E-state index in [0.717, 1.165) is 20.9 Å². The van der Waals surface area contributed by atoms with Gasteiger partial charge in [0.2, 0.25) is 5.13 Å². The molecule has 0 amide bonds. The van der Waals surface area contributed by atoms with Gasteiger partial charge in [0.05, 0.1) is 16.4 Å². The lowest BCUT2D eigenvalue weighted by Crippen LogP contribution is -1.91. The molecule has 1 N–H and O–H groups in total. The van der Waals surface area contributed by atoms with Gasteiger partial charge in [-0.2, -0.15) is 5.10 Å². The smallest absolute Gasteiger partial charge is 0.204 e. The summed E-state index contributed by atoms with van der Waals surface area (Å²) in [4.78, 5) is 4.46. The van der Waals surface area contributed by atoms with Gasteiger partial charge in [-0.3, -0.25) is 5.43 Å². The summed E-state index contributed by atoms with van der Waals surface area (Å²) in [6, 6.07) is 16.2. The van der Waals surface area contributed by atoms with Gasteiger partial charge in [-0.05, 0) is 30.2 Å². The third-order valence-corrected chi connectivity index (χ3v) is 3.79. The number of nitrogens with one attached hydrogen (secondary N) is 1. The molecule has 3 aromatic rings. The van der Waals surface area contributed by atoms with Gasteiger partial charge in [0.15, 0.2) is 0 Å². The summed E-state index contributed by atoms with van der Waals surface area (Å²) in [5.74, 6) is 0. The number of hydrazone groups is 1. The van der Waals surface area contributed by atoms with Gasteiger partial charge in [-0.15, -0.1) is 0 Å². The van der Waals surface area contributed by atoms with Crippen molar-refractivity contribution in [1.82, 2.24) is 4.98 Å². The first-order valence-corrected chi connectivity index (χ1v) is 6.85. The van der Waals surface area contributed by atoms with E-state index in [4.69, 9.17) is 0 Å². The van der Waals surface area contributed by atoms with Crippen LogP contribution in [-0.2, 0) is 0 Å². The zero-order valence-electron chi connectivity index (χ0n) is 10.5. The predicted octanol–water partition coefficient (Wildman–Crippen LogP) is 4.05. The second-order valence-corrected chi connectivity index (χ2v) is 5.24. The molecule has 3 nitrogen and oxygen atoms in total. The molecule has 0 atom stereocenters. The van der Waals surface area contributed by atoms with Crippen LogP contribution in [0.15, 0.2) is 53.6 Å². The van der Waals surface area contributed by atoms with Crippen molar-refractivity contribution in [3.05, 3.63) is 59.7 Å². The second kappa shape index (κ2) is 5.20. The van der Waals surface area contributed by atoms with Crippen molar-refractivity contribution >= 4 is 32.9 Å². The molecule has 0 bridgehead atoms. The van der Waals surface area contributed by atoms with Gasteiger partial charge < -0.3 is 0 Å². The van der Waals surface area contributed by atoms with Crippen LogP contribution in [0.5, 0.6) is 0 Å². The van der Waals surface area contributed by atoms with Gasteiger partial charge in [-0.25, -0.2) is 4.98 Å². The zero-order valence-corrected chi connectivity index (χ0v) is 11.3. The van der Waals surface area contributed by atoms with Crippen LogP contribution < -0.4 is 5.43 Å². The van der Waals surface area contributed by atoms with Gasteiger partial charge in [0, 0.05) is 0 Å². The maximum Gasteiger partial charge on any atom is 0.204 e. The van der Waals surface area contributed by atoms with Crippen molar-refractivity contribution in [2.75, 3.05) is 5.43 Å². The molecule has 1 heterocycles. The van der Waals surface area contributed by atoms with Crippen molar-refractivity contribution < 1.29 is 0 Å². The van der Waals surface area contributed by atoms with Crippen LogP contribution in [0, 0.1) is 6.92 Å². The monoisotopic (exact) mass is 267 g/mol. The van der Waals surface area contributed by atoms with Crippen LogP contribution in [0.25, 0.3) is 10.2 Å². The Balaban J connectivity index is 1.77. The fraction of sp³-hybridized carbons (Fsp3) is 0.0667. The SMILES string of the molecule is Cc1ccccc1/C=N/Nc1nc2ccccc2s1. The van der Waals surface area contributed by atoms with Crippen LogP contribution >= 0.6 is 11.3 Å². The molecule has 0 aliphatic heterocycles. The topological polar surface area (TPSA) is 37.3 Å². The highest BCUT2D eigenvalue weighted by Gasteiger charge is 2.00. The Hall–Kier alpha value is -2.20. The highest BCUT2D eigenvalue weighted by atomic mass is 32.1. The van der Waals surface area contributed by atoms with Crippen molar-refractivity contribution in [2.24, 2.45) is 5.10 Å². The summed E-state index contributed by atoms with van der Waals surface area (Å²) in [5.41, 5.74) is 6.30. The van der Waals surface area contributed by atoms with E-state index in [0.29, 0.717) is 0 Å². The van der Waals surface area contributed by atoms with Crippen LogP contribution in [0.3, 0.4) is 0 Å². The van der Waals surface area contributed by atoms with E-state index in [2.05, 4.69) is 34.6 Å². The molecular formula is C15H13N3S. The van der Waals surface area contributed by atoms with E-state index in [9.17, 15) is 0 Å². The fourth-order valence-corrected chi connectivity index (χ4v) is 2.62. The molecule has 0 saturated carbocycles. The summed E-state index contributed by atoms with van der Waals surface area (Å²) >= 11 is 1.60. The summed E-state index contributed by atoms with van der Waals surface area (Å²) in [5, 5.41) is 5.05. The van der Waals surface area contributed by atoms with Crippen LogP contribution in [0.4, 0.5) is 5.13 Å². The van der Waals surface area contributed by atoms with E-state index < -0.39 is 0 Å². The molecule has 0 spiro atoms. The first-order valence-electron chi connectivity index (χ1n) is 6.03. The highest BCUT2D eigenvalue weighted by molar-refractivity contribution is 7.22. The molecule has 94 valence electrons. The molecule has 0 saturated heterocycles. The minimum absolute atomic E-state index is 0.811. The van der Waals surface area contributed by atoms with Gasteiger partial charge in [0.25, 0.3) is 0 Å². The zero-order chi connectivity index (χ0) is 13.1. The molecule has 0 aliphatic rings. The maximum atomic E-state index is 4.46. The largest absolute Gasteiger partial charge is 0.253 e. The summed E-state index contributed by atoms with van der Waals surface area (Å²) in [7, 11) is 0. The molecule has 1 aromatic heterocycles. The van der Waals surface area contributed by atoms with Crippen LogP contribution in [0.2, 0.25) is 0 Å².